The Kier molecular flexibility index (Phi) is 5.32. The number of anilines is 2. The average Bonchev–Trinajstić information content (AvgIpc) is 3.59. The highest BCUT2D eigenvalue weighted by atomic mass is 16.4. The molecular weight excluding hydrogens is 440 g/mol. The van der Waals surface area contributed by atoms with Crippen LogP contribution in [0.15, 0.2) is 41.4 Å². The fourth-order valence-corrected chi connectivity index (χ4v) is 4.27. The highest BCUT2D eigenvalue weighted by Gasteiger charge is 2.31. The van der Waals surface area contributed by atoms with E-state index in [9.17, 15) is 14.7 Å². The number of hydrogen-bond acceptors (Lipinski definition) is 8. The summed E-state index contributed by atoms with van der Waals surface area (Å²) in [6, 6.07) is 3.33. The van der Waals surface area contributed by atoms with Gasteiger partial charge in [0.1, 0.15) is 17.6 Å². The van der Waals surface area contributed by atoms with Crippen LogP contribution in [0.5, 0.6) is 0 Å². The Morgan fingerprint density at radius 1 is 1.32 bits per heavy atom. The fourth-order valence-electron chi connectivity index (χ4n) is 4.27. The minimum Gasteiger partial charge on any atom is -0.465 e. The van der Waals surface area contributed by atoms with E-state index in [1.807, 2.05) is 29.7 Å². The predicted molar refractivity (Wildman–Crippen MR) is 122 cm³/mol. The van der Waals surface area contributed by atoms with Crippen LogP contribution < -0.4 is 10.6 Å². The molecule has 2 amide bonds. The maximum atomic E-state index is 12.1. The number of nitrogen functional groups attached to an aromatic ring is 1. The van der Waals surface area contributed by atoms with Gasteiger partial charge in [-0.15, -0.1) is 0 Å². The van der Waals surface area contributed by atoms with E-state index in [0.717, 1.165) is 17.8 Å². The van der Waals surface area contributed by atoms with E-state index >= 15 is 0 Å². The lowest BCUT2D eigenvalue weighted by Gasteiger charge is -2.27. The number of likely N-dealkylation sites (tertiary alicyclic amines) is 1. The highest BCUT2D eigenvalue weighted by Crippen LogP contribution is 2.33. The van der Waals surface area contributed by atoms with Crippen molar-refractivity contribution in [2.45, 2.75) is 25.8 Å². The molecule has 0 aromatic carbocycles. The van der Waals surface area contributed by atoms with E-state index in [4.69, 9.17) is 15.1 Å². The zero-order chi connectivity index (χ0) is 23.8. The molecule has 1 atom stereocenters. The molecule has 5 heterocycles. The van der Waals surface area contributed by atoms with E-state index in [1.165, 1.54) is 22.3 Å². The number of nitrogens with two attached hydrogens (primary N) is 1. The van der Waals surface area contributed by atoms with E-state index in [1.54, 1.807) is 6.20 Å². The number of pyridine rings is 1. The largest absolute Gasteiger partial charge is 0.465 e. The Balaban J connectivity index is 1.61. The summed E-state index contributed by atoms with van der Waals surface area (Å²) in [5.41, 5.74) is 9.36. The molecule has 12 heteroatoms. The molecule has 4 aromatic rings. The van der Waals surface area contributed by atoms with Crippen LogP contribution in [0.3, 0.4) is 0 Å². The SMILES string of the molecule is Cc1cnc2ccc(-c3nc(N(C=O)C[C@H]4CCCN4C(=O)O)c(N)nc3-c3ncco3)cn12. The van der Waals surface area contributed by atoms with Crippen molar-refractivity contribution in [2.24, 2.45) is 0 Å². The first kappa shape index (κ1) is 21.4. The first-order valence-corrected chi connectivity index (χ1v) is 10.7. The smallest absolute Gasteiger partial charge is 0.407 e. The molecule has 1 fully saturated rings. The summed E-state index contributed by atoms with van der Waals surface area (Å²) in [4.78, 5) is 44.0. The van der Waals surface area contributed by atoms with Crippen molar-refractivity contribution in [3.63, 3.8) is 0 Å². The van der Waals surface area contributed by atoms with Gasteiger partial charge in [0.05, 0.1) is 12.2 Å². The van der Waals surface area contributed by atoms with Crippen LogP contribution in [0.1, 0.15) is 18.5 Å². The number of aromatic nitrogens is 5. The van der Waals surface area contributed by atoms with Crippen LogP contribution in [-0.4, -0.2) is 66.0 Å². The Labute approximate surface area is 193 Å². The minimum atomic E-state index is -1.02. The first-order chi connectivity index (χ1) is 16.5. The molecule has 0 bridgehead atoms. The van der Waals surface area contributed by atoms with Crippen molar-refractivity contribution in [2.75, 3.05) is 23.7 Å². The zero-order valence-corrected chi connectivity index (χ0v) is 18.3. The topological polar surface area (TPSA) is 156 Å². The van der Waals surface area contributed by atoms with Crippen molar-refractivity contribution in [3.8, 4) is 22.8 Å². The second kappa shape index (κ2) is 8.46. The number of oxazole rings is 1. The van der Waals surface area contributed by atoms with Gasteiger partial charge in [-0.1, -0.05) is 0 Å². The summed E-state index contributed by atoms with van der Waals surface area (Å²) < 4.78 is 7.37. The molecule has 174 valence electrons. The molecule has 12 nitrogen and oxygen atoms in total. The average molecular weight is 462 g/mol. The van der Waals surface area contributed by atoms with E-state index < -0.39 is 6.09 Å². The first-order valence-electron chi connectivity index (χ1n) is 10.7. The molecule has 3 N–H and O–H groups in total. The van der Waals surface area contributed by atoms with Crippen molar-refractivity contribution < 1.29 is 19.1 Å². The maximum Gasteiger partial charge on any atom is 0.407 e. The van der Waals surface area contributed by atoms with Gasteiger partial charge in [-0.05, 0) is 31.9 Å². The summed E-state index contributed by atoms with van der Waals surface area (Å²) >= 11 is 0. The quantitative estimate of drug-likeness (QED) is 0.411. The summed E-state index contributed by atoms with van der Waals surface area (Å²) in [6.45, 7) is 2.47. The third-order valence-corrected chi connectivity index (χ3v) is 5.93. The summed E-state index contributed by atoms with van der Waals surface area (Å²) in [5, 5.41) is 9.46. The standard InChI is InChI=1S/C22H22N8O4/c1-13-9-25-16-5-4-14(10-30(13)16)17-18(21-24-6-8-34-21)26-19(23)20(27-17)28(12-31)11-15-3-2-7-29(15)22(32)33/h4-6,8-10,12,15H,2-3,7,11H2,1H3,(H2,23,26)(H,32,33)/t15-/m1/s1. The number of fused-ring (bicyclic) bond motifs is 1. The van der Waals surface area contributed by atoms with Gasteiger partial charge in [0, 0.05) is 36.7 Å². The monoisotopic (exact) mass is 462 g/mol. The molecule has 0 aliphatic carbocycles. The van der Waals surface area contributed by atoms with Crippen LogP contribution in [0.2, 0.25) is 0 Å². The van der Waals surface area contributed by atoms with Gasteiger partial charge in [-0.3, -0.25) is 9.69 Å². The Hall–Kier alpha value is -4.48. The third kappa shape index (κ3) is 3.68. The van der Waals surface area contributed by atoms with Crippen molar-refractivity contribution in [1.29, 1.82) is 0 Å². The van der Waals surface area contributed by atoms with Gasteiger partial charge in [0.15, 0.2) is 17.3 Å². The maximum absolute atomic E-state index is 12.1. The number of rotatable bonds is 6. The lowest BCUT2D eigenvalue weighted by atomic mass is 10.1. The van der Waals surface area contributed by atoms with Gasteiger partial charge < -0.3 is 24.6 Å². The molecule has 1 saturated heterocycles. The third-order valence-electron chi connectivity index (χ3n) is 5.93. The summed E-state index contributed by atoms with van der Waals surface area (Å²) in [7, 11) is 0. The minimum absolute atomic E-state index is 0.00353. The Morgan fingerprint density at radius 3 is 2.91 bits per heavy atom. The second-order valence-corrected chi connectivity index (χ2v) is 8.04. The van der Waals surface area contributed by atoms with Gasteiger partial charge >= 0.3 is 6.09 Å². The number of hydrogen-bond donors (Lipinski definition) is 2. The molecule has 0 spiro atoms. The predicted octanol–water partition coefficient (Wildman–Crippen LogP) is 2.44. The lowest BCUT2D eigenvalue weighted by molar-refractivity contribution is -0.107. The molecule has 0 radical (unpaired) electrons. The number of imidazole rings is 1. The second-order valence-electron chi connectivity index (χ2n) is 8.04. The Bertz CT molecular complexity index is 1370. The van der Waals surface area contributed by atoms with Gasteiger partial charge in [0.2, 0.25) is 12.3 Å². The molecule has 0 unspecified atom stereocenters. The molecule has 34 heavy (non-hydrogen) atoms. The van der Waals surface area contributed by atoms with Crippen LogP contribution in [0, 0.1) is 6.92 Å². The van der Waals surface area contributed by atoms with E-state index in [0.29, 0.717) is 36.3 Å². The van der Waals surface area contributed by atoms with Crippen LogP contribution in [0.4, 0.5) is 16.4 Å². The van der Waals surface area contributed by atoms with Gasteiger partial charge in [-0.25, -0.2) is 24.7 Å². The molecule has 1 aliphatic heterocycles. The zero-order valence-electron chi connectivity index (χ0n) is 18.3. The van der Waals surface area contributed by atoms with E-state index in [2.05, 4.69) is 15.0 Å². The molecular formula is C22H22N8O4. The van der Waals surface area contributed by atoms with Crippen LogP contribution in [-0.2, 0) is 4.79 Å². The van der Waals surface area contributed by atoms with Crippen LogP contribution in [0.25, 0.3) is 28.5 Å². The normalized spacial score (nSPS) is 15.7. The molecule has 4 aromatic heterocycles. The fraction of sp³-hybridized carbons (Fsp3) is 0.273. The Morgan fingerprint density at radius 2 is 2.18 bits per heavy atom. The van der Waals surface area contributed by atoms with E-state index in [-0.39, 0.29) is 30.1 Å². The lowest BCUT2D eigenvalue weighted by Crippen LogP contribution is -2.43. The van der Waals surface area contributed by atoms with Crippen LogP contribution >= 0.6 is 0 Å². The molecule has 5 rings (SSSR count). The van der Waals surface area contributed by atoms with Gasteiger partial charge in [0.25, 0.3) is 0 Å². The van der Waals surface area contributed by atoms with Crippen molar-refractivity contribution in [3.05, 3.63) is 42.7 Å². The van der Waals surface area contributed by atoms with Gasteiger partial charge in [-0.2, -0.15) is 0 Å². The molecule has 1 aliphatic rings. The summed E-state index contributed by atoms with van der Waals surface area (Å²) in [5.74, 6) is 0.373. The molecule has 0 saturated carbocycles. The van der Waals surface area contributed by atoms with Crippen molar-refractivity contribution >= 4 is 29.8 Å². The number of aryl methyl sites for hydroxylation is 1. The number of carbonyl (C=O) groups excluding carboxylic acids is 1. The number of carboxylic acid groups (broad SMARTS) is 1. The number of amides is 2. The number of carbonyl (C=O) groups is 2. The highest BCUT2D eigenvalue weighted by molar-refractivity contribution is 5.84. The number of nitrogens with zero attached hydrogens (tertiary/aromatic N) is 7. The summed E-state index contributed by atoms with van der Waals surface area (Å²) in [6.07, 6.45) is 7.48. The van der Waals surface area contributed by atoms with Crippen molar-refractivity contribution in [1.82, 2.24) is 29.2 Å².